The third kappa shape index (κ3) is 3.79. The summed E-state index contributed by atoms with van der Waals surface area (Å²) in [5, 5.41) is 16.5. The van der Waals surface area contributed by atoms with Crippen LogP contribution in [-0.4, -0.2) is 35.8 Å². The monoisotopic (exact) mass is 460 g/mol. The highest BCUT2D eigenvalue weighted by atomic mass is 19.1. The van der Waals surface area contributed by atoms with E-state index < -0.39 is 12.1 Å². The van der Waals surface area contributed by atoms with Crippen molar-refractivity contribution in [3.8, 4) is 23.2 Å². The minimum absolute atomic E-state index is 0.109. The summed E-state index contributed by atoms with van der Waals surface area (Å²) in [6.45, 7) is 1.67. The number of amides is 1. The van der Waals surface area contributed by atoms with E-state index >= 15 is 0 Å². The molecule has 34 heavy (non-hydrogen) atoms. The normalized spacial score (nSPS) is 12.1. The standard InChI is InChI=1S/C22H17FN8O3/c1-11(21-28-13(5-6-24)10-33-21)27-22(32)34-17-9-26-20-19(17)29-15(8-25-20)18-14-4-3-12(23)7-16(14)31(2)30-18/h3-4,7-11H,5H2,1-2H3,(H,25,26)(H,27,32)/t11-/m1/s1. The van der Waals surface area contributed by atoms with Crippen molar-refractivity contribution >= 4 is 28.2 Å². The number of fused-ring (bicyclic) bond motifs is 2. The number of aromatic amines is 1. The van der Waals surface area contributed by atoms with Gasteiger partial charge < -0.3 is 19.5 Å². The van der Waals surface area contributed by atoms with E-state index in [1.54, 1.807) is 24.7 Å². The first-order valence-corrected chi connectivity index (χ1v) is 10.2. The molecule has 0 spiro atoms. The summed E-state index contributed by atoms with van der Waals surface area (Å²) in [5.41, 5.74) is 2.79. The molecule has 11 nitrogen and oxygen atoms in total. The summed E-state index contributed by atoms with van der Waals surface area (Å²) in [4.78, 5) is 28.5. The van der Waals surface area contributed by atoms with Gasteiger partial charge in [0.1, 0.15) is 29.5 Å². The molecule has 170 valence electrons. The number of nitrogens with zero attached hydrogens (tertiary/aromatic N) is 6. The van der Waals surface area contributed by atoms with E-state index in [1.807, 2.05) is 6.07 Å². The first-order chi connectivity index (χ1) is 16.4. The maximum atomic E-state index is 13.7. The van der Waals surface area contributed by atoms with Crippen LogP contribution in [0.1, 0.15) is 24.6 Å². The molecular weight excluding hydrogens is 443 g/mol. The summed E-state index contributed by atoms with van der Waals surface area (Å²) in [6.07, 6.45) is 3.74. The first-order valence-electron chi connectivity index (χ1n) is 10.2. The van der Waals surface area contributed by atoms with Crippen molar-refractivity contribution < 1.29 is 18.3 Å². The Hall–Kier alpha value is -4.79. The number of carbonyl (C=O) groups excluding carboxylic acids is 1. The van der Waals surface area contributed by atoms with E-state index in [1.165, 1.54) is 30.8 Å². The molecular formula is C22H17FN8O3. The third-order valence-electron chi connectivity index (χ3n) is 5.14. The number of hydrogen-bond donors (Lipinski definition) is 2. The molecule has 0 saturated heterocycles. The van der Waals surface area contributed by atoms with Crippen molar-refractivity contribution in [2.45, 2.75) is 19.4 Å². The van der Waals surface area contributed by atoms with Gasteiger partial charge in [0, 0.05) is 18.6 Å². The molecule has 0 aliphatic rings. The van der Waals surface area contributed by atoms with E-state index in [9.17, 15) is 9.18 Å². The summed E-state index contributed by atoms with van der Waals surface area (Å²) in [5.74, 6) is 0.0516. The fraction of sp³-hybridized carbons (Fsp3) is 0.182. The molecule has 1 aromatic carbocycles. The minimum atomic E-state index is -0.751. The lowest BCUT2D eigenvalue weighted by atomic mass is 10.1. The summed E-state index contributed by atoms with van der Waals surface area (Å²) >= 11 is 0. The van der Waals surface area contributed by atoms with E-state index in [4.69, 9.17) is 14.4 Å². The smallest absolute Gasteiger partial charge is 0.413 e. The number of nitriles is 1. The number of benzene rings is 1. The highest BCUT2D eigenvalue weighted by molar-refractivity contribution is 5.93. The zero-order valence-electron chi connectivity index (χ0n) is 18.0. The third-order valence-corrected chi connectivity index (χ3v) is 5.14. The van der Waals surface area contributed by atoms with Crippen LogP contribution < -0.4 is 10.1 Å². The van der Waals surface area contributed by atoms with E-state index in [0.717, 1.165) is 0 Å². The quantitative estimate of drug-likeness (QED) is 0.405. The number of aryl methyl sites for hydroxylation is 1. The van der Waals surface area contributed by atoms with Gasteiger partial charge in [0.2, 0.25) is 5.89 Å². The van der Waals surface area contributed by atoms with Crippen LogP contribution in [0.5, 0.6) is 5.75 Å². The SMILES string of the molecule is C[C@@H](NC(=O)Oc1c[nH]c2ncc(-c3nn(C)c4cc(F)ccc34)nc12)c1nc(CC#N)co1. The Morgan fingerprint density at radius 1 is 1.41 bits per heavy atom. The van der Waals surface area contributed by atoms with E-state index in [0.29, 0.717) is 39.1 Å². The summed E-state index contributed by atoms with van der Waals surface area (Å²) in [6, 6.07) is 5.77. The first kappa shape index (κ1) is 21.1. The number of nitrogens with one attached hydrogen (secondary N) is 2. The van der Waals surface area contributed by atoms with Gasteiger partial charge in [-0.25, -0.2) is 24.1 Å². The molecule has 0 unspecified atom stereocenters. The Kier molecular flexibility index (Phi) is 5.14. The van der Waals surface area contributed by atoms with Crippen molar-refractivity contribution in [3.63, 3.8) is 0 Å². The number of rotatable bonds is 5. The molecule has 0 aliphatic carbocycles. The van der Waals surface area contributed by atoms with Crippen LogP contribution in [0, 0.1) is 17.1 Å². The van der Waals surface area contributed by atoms with Gasteiger partial charge in [0.15, 0.2) is 16.9 Å². The van der Waals surface area contributed by atoms with E-state index in [-0.39, 0.29) is 23.9 Å². The van der Waals surface area contributed by atoms with Crippen LogP contribution in [0.15, 0.2) is 41.3 Å². The molecule has 1 amide bonds. The van der Waals surface area contributed by atoms with Gasteiger partial charge in [-0.05, 0) is 25.1 Å². The number of carbonyl (C=O) groups is 1. The maximum absolute atomic E-state index is 13.7. The molecule has 5 aromatic rings. The largest absolute Gasteiger partial charge is 0.446 e. The molecule has 0 fully saturated rings. The lowest BCUT2D eigenvalue weighted by Crippen LogP contribution is -2.29. The second kappa shape index (κ2) is 8.28. The number of oxazole rings is 1. The second-order valence-corrected chi connectivity index (χ2v) is 7.51. The van der Waals surface area contributed by atoms with Crippen LogP contribution in [0.25, 0.3) is 33.5 Å². The Labute approximate surface area is 191 Å². The zero-order valence-corrected chi connectivity index (χ0v) is 18.0. The van der Waals surface area contributed by atoms with Crippen LogP contribution in [0.2, 0.25) is 0 Å². The Balaban J connectivity index is 1.39. The lowest BCUT2D eigenvalue weighted by molar-refractivity contribution is 0.195. The van der Waals surface area contributed by atoms with Crippen molar-refractivity contribution in [2.75, 3.05) is 0 Å². The molecule has 0 saturated carbocycles. The predicted octanol–water partition coefficient (Wildman–Crippen LogP) is 3.55. The van der Waals surface area contributed by atoms with Crippen LogP contribution in [-0.2, 0) is 13.5 Å². The highest BCUT2D eigenvalue weighted by Crippen LogP contribution is 2.30. The number of H-pyrrole nitrogens is 1. The van der Waals surface area contributed by atoms with Crippen LogP contribution >= 0.6 is 0 Å². The number of aromatic nitrogens is 6. The predicted molar refractivity (Wildman–Crippen MR) is 117 cm³/mol. The Bertz CT molecular complexity index is 1580. The summed E-state index contributed by atoms with van der Waals surface area (Å²) < 4.78 is 26.0. The molecule has 0 aliphatic heterocycles. The molecule has 1 atom stereocenters. The average molecular weight is 460 g/mol. The van der Waals surface area contributed by atoms with Crippen molar-refractivity contribution in [1.82, 2.24) is 35.0 Å². The van der Waals surface area contributed by atoms with Crippen molar-refractivity contribution in [2.24, 2.45) is 7.05 Å². The van der Waals surface area contributed by atoms with Gasteiger partial charge in [0.05, 0.1) is 29.9 Å². The summed E-state index contributed by atoms with van der Waals surface area (Å²) in [7, 11) is 1.71. The lowest BCUT2D eigenvalue weighted by Gasteiger charge is -2.10. The van der Waals surface area contributed by atoms with Gasteiger partial charge in [-0.3, -0.25) is 4.68 Å². The molecule has 0 bridgehead atoms. The van der Waals surface area contributed by atoms with Crippen molar-refractivity contribution in [1.29, 1.82) is 5.26 Å². The fourth-order valence-electron chi connectivity index (χ4n) is 3.53. The molecule has 0 radical (unpaired) electrons. The zero-order chi connectivity index (χ0) is 23.8. The van der Waals surface area contributed by atoms with Crippen LogP contribution in [0.4, 0.5) is 9.18 Å². The molecule has 4 aromatic heterocycles. The number of hydrogen-bond acceptors (Lipinski definition) is 8. The number of halogens is 1. The molecule has 12 heteroatoms. The Morgan fingerprint density at radius 3 is 3.09 bits per heavy atom. The fourth-order valence-corrected chi connectivity index (χ4v) is 3.53. The Morgan fingerprint density at radius 2 is 2.26 bits per heavy atom. The van der Waals surface area contributed by atoms with Gasteiger partial charge in [-0.15, -0.1) is 0 Å². The minimum Gasteiger partial charge on any atom is -0.446 e. The average Bonchev–Trinajstić information content (AvgIpc) is 3.52. The van der Waals surface area contributed by atoms with Gasteiger partial charge in [-0.1, -0.05) is 0 Å². The van der Waals surface area contributed by atoms with Crippen molar-refractivity contribution in [3.05, 3.63) is 54.3 Å². The second-order valence-electron chi connectivity index (χ2n) is 7.51. The van der Waals surface area contributed by atoms with Gasteiger partial charge in [-0.2, -0.15) is 10.4 Å². The van der Waals surface area contributed by atoms with Gasteiger partial charge in [0.25, 0.3) is 0 Å². The maximum Gasteiger partial charge on any atom is 0.413 e. The molecule has 5 rings (SSSR count). The van der Waals surface area contributed by atoms with Crippen LogP contribution in [0.3, 0.4) is 0 Å². The highest BCUT2D eigenvalue weighted by Gasteiger charge is 2.20. The van der Waals surface area contributed by atoms with Gasteiger partial charge >= 0.3 is 6.09 Å². The topological polar surface area (TPSA) is 148 Å². The molecule has 4 heterocycles. The number of ether oxygens (including phenoxy) is 1. The molecule has 2 N–H and O–H groups in total. The van der Waals surface area contributed by atoms with E-state index in [2.05, 4.69) is 30.4 Å².